The third kappa shape index (κ3) is 2.43. The van der Waals surface area contributed by atoms with Gasteiger partial charge < -0.3 is 0 Å². The van der Waals surface area contributed by atoms with Gasteiger partial charge in [-0.3, -0.25) is 4.79 Å². The van der Waals surface area contributed by atoms with E-state index in [9.17, 15) is 18.0 Å². The maximum absolute atomic E-state index is 12.9. The molecular weight excluding hydrogens is 283 g/mol. The topological polar surface area (TPSA) is 47.8 Å². The Balaban J connectivity index is 2.14. The molecule has 0 aromatic carbocycles. The summed E-state index contributed by atoms with van der Waals surface area (Å²) >= 11 is 0. The van der Waals surface area contributed by atoms with Crippen molar-refractivity contribution in [3.8, 4) is 5.82 Å². The van der Waals surface area contributed by atoms with E-state index in [1.807, 2.05) is 0 Å². The van der Waals surface area contributed by atoms with Gasteiger partial charge in [-0.25, -0.2) is 9.67 Å². The maximum atomic E-state index is 12.9. The largest absolute Gasteiger partial charge is 0.416 e. The standard InChI is InChI=1S/C14H12F3N3O/c1-8-5-9(14(15,16)17)6-13(19-8)20-11-3-2-4-12(21)10(11)7-18-20/h5-7H,2-4H2,1H3. The smallest absolute Gasteiger partial charge is 0.294 e. The predicted octanol–water partition coefficient (Wildman–Crippen LogP) is 3.11. The summed E-state index contributed by atoms with van der Waals surface area (Å²) in [5, 5.41) is 4.05. The zero-order valence-electron chi connectivity index (χ0n) is 11.2. The monoisotopic (exact) mass is 295 g/mol. The molecule has 0 fully saturated rings. The number of alkyl halides is 3. The summed E-state index contributed by atoms with van der Waals surface area (Å²) in [6.45, 7) is 1.50. The van der Waals surface area contributed by atoms with Gasteiger partial charge in [0.2, 0.25) is 0 Å². The fourth-order valence-electron chi connectivity index (χ4n) is 2.52. The van der Waals surface area contributed by atoms with Crippen molar-refractivity contribution in [3.05, 3.63) is 40.8 Å². The van der Waals surface area contributed by atoms with E-state index >= 15 is 0 Å². The van der Waals surface area contributed by atoms with Crippen molar-refractivity contribution in [1.29, 1.82) is 0 Å². The number of nitrogens with zero attached hydrogens (tertiary/aromatic N) is 3. The fourth-order valence-corrected chi connectivity index (χ4v) is 2.52. The Bertz CT molecular complexity index is 719. The SMILES string of the molecule is Cc1cc(C(F)(F)F)cc(-n2ncc3c2CCCC3=O)n1. The van der Waals surface area contributed by atoms with Crippen molar-refractivity contribution < 1.29 is 18.0 Å². The first-order chi connectivity index (χ1) is 9.86. The number of Topliss-reactive ketones (excluding diaryl/α,β-unsaturated/α-hetero) is 1. The molecule has 21 heavy (non-hydrogen) atoms. The molecule has 0 saturated carbocycles. The summed E-state index contributed by atoms with van der Waals surface area (Å²) in [6.07, 6.45) is -1.29. The number of hydrogen-bond acceptors (Lipinski definition) is 3. The van der Waals surface area contributed by atoms with Crippen LogP contribution in [0.2, 0.25) is 0 Å². The van der Waals surface area contributed by atoms with Gasteiger partial charge >= 0.3 is 6.18 Å². The Morgan fingerprint density at radius 2 is 2.00 bits per heavy atom. The van der Waals surface area contributed by atoms with E-state index < -0.39 is 11.7 Å². The molecule has 4 nitrogen and oxygen atoms in total. The van der Waals surface area contributed by atoms with Crippen LogP contribution in [0.15, 0.2) is 18.3 Å². The van der Waals surface area contributed by atoms with Crippen molar-refractivity contribution in [1.82, 2.24) is 14.8 Å². The third-order valence-electron chi connectivity index (χ3n) is 3.47. The molecule has 0 bridgehead atoms. The lowest BCUT2D eigenvalue weighted by molar-refractivity contribution is -0.137. The summed E-state index contributed by atoms with van der Waals surface area (Å²) < 4.78 is 40.0. The van der Waals surface area contributed by atoms with E-state index in [1.54, 1.807) is 0 Å². The highest BCUT2D eigenvalue weighted by Crippen LogP contribution is 2.31. The van der Waals surface area contributed by atoms with Gasteiger partial charge in [0.1, 0.15) is 0 Å². The first kappa shape index (κ1) is 13.8. The molecule has 0 amide bonds. The Morgan fingerprint density at radius 3 is 2.71 bits per heavy atom. The molecular formula is C14H12F3N3O. The van der Waals surface area contributed by atoms with Crippen molar-refractivity contribution in [2.75, 3.05) is 0 Å². The highest BCUT2D eigenvalue weighted by molar-refractivity contribution is 5.97. The molecule has 0 spiro atoms. The molecule has 0 unspecified atom stereocenters. The van der Waals surface area contributed by atoms with Gasteiger partial charge in [0.05, 0.1) is 23.0 Å². The lowest BCUT2D eigenvalue weighted by Crippen LogP contribution is -2.15. The van der Waals surface area contributed by atoms with Gasteiger partial charge in [0, 0.05) is 12.1 Å². The molecule has 1 aliphatic rings. The molecule has 2 heterocycles. The van der Waals surface area contributed by atoms with E-state index in [2.05, 4.69) is 10.1 Å². The number of rotatable bonds is 1. The molecule has 7 heteroatoms. The van der Waals surface area contributed by atoms with Crippen LogP contribution in [0.3, 0.4) is 0 Å². The van der Waals surface area contributed by atoms with E-state index in [1.165, 1.54) is 17.8 Å². The number of fused-ring (bicyclic) bond motifs is 1. The van der Waals surface area contributed by atoms with Crippen molar-refractivity contribution in [2.45, 2.75) is 32.4 Å². The average Bonchev–Trinajstić information content (AvgIpc) is 2.82. The molecule has 0 saturated heterocycles. The number of aryl methyl sites for hydroxylation is 1. The second-order valence-corrected chi connectivity index (χ2v) is 5.05. The zero-order valence-corrected chi connectivity index (χ0v) is 11.2. The van der Waals surface area contributed by atoms with E-state index in [0.29, 0.717) is 30.5 Å². The van der Waals surface area contributed by atoms with Gasteiger partial charge in [-0.2, -0.15) is 18.3 Å². The van der Waals surface area contributed by atoms with Gasteiger partial charge in [-0.1, -0.05) is 0 Å². The molecule has 3 rings (SSSR count). The number of pyridine rings is 1. The van der Waals surface area contributed by atoms with Crippen molar-refractivity contribution in [2.24, 2.45) is 0 Å². The Morgan fingerprint density at radius 1 is 1.24 bits per heavy atom. The Kier molecular flexibility index (Phi) is 3.07. The van der Waals surface area contributed by atoms with Gasteiger partial charge in [-0.05, 0) is 31.9 Å². The first-order valence-corrected chi connectivity index (χ1v) is 6.52. The summed E-state index contributed by atoms with van der Waals surface area (Å²) in [5.41, 5.74) is 0.609. The third-order valence-corrected chi connectivity index (χ3v) is 3.47. The molecule has 1 aliphatic carbocycles. The normalized spacial score (nSPS) is 15.1. The molecule has 110 valence electrons. The van der Waals surface area contributed by atoms with E-state index in [-0.39, 0.29) is 17.3 Å². The molecule has 0 N–H and O–H groups in total. The second kappa shape index (κ2) is 4.68. The maximum Gasteiger partial charge on any atom is 0.416 e. The predicted molar refractivity (Wildman–Crippen MR) is 68.4 cm³/mol. The van der Waals surface area contributed by atoms with E-state index in [0.717, 1.165) is 12.1 Å². The second-order valence-electron chi connectivity index (χ2n) is 5.05. The number of ketones is 1. The summed E-state index contributed by atoms with van der Waals surface area (Å²) in [7, 11) is 0. The quantitative estimate of drug-likeness (QED) is 0.812. The average molecular weight is 295 g/mol. The minimum atomic E-state index is -4.44. The van der Waals surface area contributed by atoms with Gasteiger partial charge in [-0.15, -0.1) is 0 Å². The van der Waals surface area contributed by atoms with E-state index in [4.69, 9.17) is 0 Å². The van der Waals surface area contributed by atoms with Crippen LogP contribution >= 0.6 is 0 Å². The van der Waals surface area contributed by atoms with Crippen LogP contribution in [0.4, 0.5) is 13.2 Å². The lowest BCUT2D eigenvalue weighted by Gasteiger charge is -2.14. The number of halogens is 3. The molecule has 0 atom stereocenters. The number of aromatic nitrogens is 3. The first-order valence-electron chi connectivity index (χ1n) is 6.52. The van der Waals surface area contributed by atoms with Crippen LogP contribution in [0, 0.1) is 6.92 Å². The number of hydrogen-bond donors (Lipinski definition) is 0. The molecule has 2 aromatic rings. The van der Waals surface area contributed by atoms with Crippen LogP contribution in [0.1, 0.15) is 40.2 Å². The van der Waals surface area contributed by atoms with Crippen molar-refractivity contribution >= 4 is 5.78 Å². The summed E-state index contributed by atoms with van der Waals surface area (Å²) in [6, 6.07) is 1.95. The zero-order chi connectivity index (χ0) is 15.2. The number of carbonyl (C=O) groups is 1. The molecule has 0 aliphatic heterocycles. The van der Waals surface area contributed by atoms with Crippen molar-refractivity contribution in [3.63, 3.8) is 0 Å². The fraction of sp³-hybridized carbons (Fsp3) is 0.357. The van der Waals surface area contributed by atoms with Crippen LogP contribution in [-0.4, -0.2) is 20.5 Å². The van der Waals surface area contributed by atoms with Crippen LogP contribution < -0.4 is 0 Å². The highest BCUT2D eigenvalue weighted by Gasteiger charge is 2.32. The lowest BCUT2D eigenvalue weighted by atomic mass is 9.97. The number of carbonyl (C=O) groups excluding carboxylic acids is 1. The molecule has 2 aromatic heterocycles. The Labute approximate surface area is 118 Å². The van der Waals surface area contributed by atoms with Crippen LogP contribution in [0.25, 0.3) is 5.82 Å². The Hall–Kier alpha value is -2.18. The highest BCUT2D eigenvalue weighted by atomic mass is 19.4. The summed E-state index contributed by atoms with van der Waals surface area (Å²) in [5.74, 6) is 0.0736. The minimum Gasteiger partial charge on any atom is -0.294 e. The van der Waals surface area contributed by atoms with Gasteiger partial charge in [0.15, 0.2) is 11.6 Å². The summed E-state index contributed by atoms with van der Waals surface area (Å²) in [4.78, 5) is 15.9. The molecule has 0 radical (unpaired) electrons. The van der Waals surface area contributed by atoms with Crippen LogP contribution in [0.5, 0.6) is 0 Å². The van der Waals surface area contributed by atoms with Gasteiger partial charge in [0.25, 0.3) is 0 Å². The minimum absolute atomic E-state index is 0.0220. The van der Waals surface area contributed by atoms with Crippen LogP contribution in [-0.2, 0) is 12.6 Å².